The van der Waals surface area contributed by atoms with Crippen LogP contribution in [0.15, 0.2) is 36.9 Å². The van der Waals surface area contributed by atoms with E-state index in [1.807, 2.05) is 0 Å². The van der Waals surface area contributed by atoms with Crippen LogP contribution in [-0.2, 0) is 0 Å². The second-order valence-corrected chi connectivity index (χ2v) is 3.87. The summed E-state index contributed by atoms with van der Waals surface area (Å²) in [6, 6.07) is 4.07. The molecule has 18 heavy (non-hydrogen) atoms. The van der Waals surface area contributed by atoms with Crippen LogP contribution in [0.25, 0.3) is 0 Å². The van der Waals surface area contributed by atoms with Crippen molar-refractivity contribution in [1.82, 2.24) is 9.55 Å². The smallest absolute Gasteiger partial charge is 0.331 e. The van der Waals surface area contributed by atoms with E-state index in [0.29, 0.717) is 5.69 Å². The summed E-state index contributed by atoms with van der Waals surface area (Å²) in [5.41, 5.74) is 5.79. The van der Waals surface area contributed by atoms with Gasteiger partial charge in [-0.3, -0.25) is 9.36 Å². The Labute approximate surface area is 107 Å². The number of aromatic nitrogens is 2. The van der Waals surface area contributed by atoms with E-state index in [9.17, 15) is 9.59 Å². The van der Waals surface area contributed by atoms with Gasteiger partial charge in [0, 0.05) is 18.1 Å². The predicted molar refractivity (Wildman–Crippen MR) is 66.6 cm³/mol. The third-order valence-corrected chi connectivity index (χ3v) is 2.54. The highest BCUT2D eigenvalue weighted by Gasteiger charge is 2.09. The Balaban J connectivity index is 2.18. The quantitative estimate of drug-likeness (QED) is 0.865. The second kappa shape index (κ2) is 4.89. The van der Waals surface area contributed by atoms with Crippen molar-refractivity contribution >= 4 is 29.2 Å². The van der Waals surface area contributed by atoms with Crippen LogP contribution in [0.2, 0.25) is 5.02 Å². The molecule has 0 saturated carbocycles. The maximum absolute atomic E-state index is 11.7. The average Bonchev–Trinajstić information content (AvgIpc) is 2.81. The number of primary amides is 1. The van der Waals surface area contributed by atoms with E-state index in [1.165, 1.54) is 35.4 Å². The third-order valence-electron chi connectivity index (χ3n) is 2.22. The van der Waals surface area contributed by atoms with Gasteiger partial charge in [-0.05, 0) is 18.2 Å². The highest BCUT2D eigenvalue weighted by Crippen LogP contribution is 2.20. The minimum Gasteiger partial charge on any atom is -0.366 e. The summed E-state index contributed by atoms with van der Waals surface area (Å²) >= 11 is 5.86. The number of benzene rings is 1. The van der Waals surface area contributed by atoms with Crippen molar-refractivity contribution in [2.24, 2.45) is 5.73 Å². The first-order chi connectivity index (χ1) is 8.58. The number of carbonyl (C=O) groups is 2. The molecule has 0 radical (unpaired) electrons. The third kappa shape index (κ3) is 2.49. The Hall–Kier alpha value is -2.34. The lowest BCUT2D eigenvalue weighted by Crippen LogP contribution is -2.18. The number of nitrogens with zero attached hydrogens (tertiary/aromatic N) is 2. The molecule has 7 heteroatoms. The van der Waals surface area contributed by atoms with Crippen LogP contribution in [0.3, 0.4) is 0 Å². The Kier molecular flexibility index (Phi) is 3.29. The van der Waals surface area contributed by atoms with Crippen molar-refractivity contribution in [3.63, 3.8) is 0 Å². The molecule has 92 valence electrons. The zero-order valence-electron chi connectivity index (χ0n) is 9.13. The monoisotopic (exact) mass is 264 g/mol. The molecule has 0 spiro atoms. The molecule has 0 aliphatic carbocycles. The van der Waals surface area contributed by atoms with Crippen LogP contribution in [0.4, 0.5) is 10.5 Å². The summed E-state index contributed by atoms with van der Waals surface area (Å²) in [5, 5.41) is 2.78. The number of carbonyl (C=O) groups excluding carboxylic acids is 2. The molecule has 0 saturated heterocycles. The lowest BCUT2D eigenvalue weighted by molar-refractivity contribution is 0.100. The standard InChI is InChI=1S/C11H9ClN4O2/c12-9-5-7(1-2-8(9)10(13)17)15-11(18)16-4-3-14-6-16/h1-6H,(H2,13,17)(H,15,18). The van der Waals surface area contributed by atoms with Gasteiger partial charge >= 0.3 is 6.03 Å². The number of imidazole rings is 1. The summed E-state index contributed by atoms with van der Waals surface area (Å²) < 4.78 is 1.27. The number of hydrogen-bond acceptors (Lipinski definition) is 3. The molecule has 0 unspecified atom stereocenters. The van der Waals surface area contributed by atoms with E-state index >= 15 is 0 Å². The lowest BCUT2D eigenvalue weighted by atomic mass is 10.2. The Morgan fingerprint density at radius 2 is 2.17 bits per heavy atom. The summed E-state index contributed by atoms with van der Waals surface area (Å²) in [4.78, 5) is 26.4. The molecule has 0 fully saturated rings. The fraction of sp³-hybridized carbons (Fsp3) is 0. The molecule has 1 aromatic carbocycles. The van der Waals surface area contributed by atoms with Crippen LogP contribution in [0.1, 0.15) is 10.4 Å². The molecule has 1 aromatic heterocycles. The van der Waals surface area contributed by atoms with Crippen molar-refractivity contribution in [2.45, 2.75) is 0 Å². The highest BCUT2D eigenvalue weighted by molar-refractivity contribution is 6.34. The number of hydrogen-bond donors (Lipinski definition) is 2. The number of rotatable bonds is 2. The molecule has 0 bridgehead atoms. The Morgan fingerprint density at radius 1 is 1.39 bits per heavy atom. The highest BCUT2D eigenvalue weighted by atomic mass is 35.5. The van der Waals surface area contributed by atoms with Gasteiger partial charge in [-0.1, -0.05) is 11.6 Å². The molecule has 2 rings (SSSR count). The zero-order chi connectivity index (χ0) is 13.1. The largest absolute Gasteiger partial charge is 0.366 e. The van der Waals surface area contributed by atoms with Crippen LogP contribution >= 0.6 is 11.6 Å². The van der Waals surface area contributed by atoms with Gasteiger partial charge in [-0.15, -0.1) is 0 Å². The molecular formula is C11H9ClN4O2. The van der Waals surface area contributed by atoms with Gasteiger partial charge in [0.25, 0.3) is 0 Å². The van der Waals surface area contributed by atoms with Gasteiger partial charge in [0.2, 0.25) is 5.91 Å². The molecule has 0 aliphatic heterocycles. The summed E-state index contributed by atoms with van der Waals surface area (Å²) in [6.45, 7) is 0. The molecule has 0 atom stereocenters. The first kappa shape index (κ1) is 12.1. The predicted octanol–water partition coefficient (Wildman–Crippen LogP) is 1.72. The summed E-state index contributed by atoms with van der Waals surface area (Å²) in [5.74, 6) is -0.618. The minimum atomic E-state index is -0.618. The van der Waals surface area contributed by atoms with Crippen molar-refractivity contribution in [1.29, 1.82) is 0 Å². The minimum absolute atomic E-state index is 0.186. The number of amides is 2. The Morgan fingerprint density at radius 3 is 2.72 bits per heavy atom. The first-order valence-electron chi connectivity index (χ1n) is 4.96. The molecule has 3 N–H and O–H groups in total. The van der Waals surface area contributed by atoms with E-state index in [1.54, 1.807) is 6.07 Å². The summed E-state index contributed by atoms with van der Waals surface area (Å²) in [7, 11) is 0. The van der Waals surface area contributed by atoms with Gasteiger partial charge < -0.3 is 11.1 Å². The van der Waals surface area contributed by atoms with E-state index < -0.39 is 5.91 Å². The number of anilines is 1. The van der Waals surface area contributed by atoms with Gasteiger partial charge in [-0.25, -0.2) is 9.78 Å². The fourth-order valence-electron chi connectivity index (χ4n) is 1.36. The van der Waals surface area contributed by atoms with Gasteiger partial charge in [0.05, 0.1) is 10.6 Å². The molecule has 2 amide bonds. The van der Waals surface area contributed by atoms with Crippen molar-refractivity contribution in [2.75, 3.05) is 5.32 Å². The summed E-state index contributed by atoms with van der Waals surface area (Å²) in [6.07, 6.45) is 4.37. The lowest BCUT2D eigenvalue weighted by Gasteiger charge is -2.07. The first-order valence-corrected chi connectivity index (χ1v) is 5.34. The Bertz CT molecular complexity index is 595. The van der Waals surface area contributed by atoms with E-state index in [2.05, 4.69) is 10.3 Å². The zero-order valence-corrected chi connectivity index (χ0v) is 9.89. The maximum Gasteiger partial charge on any atom is 0.331 e. The van der Waals surface area contributed by atoms with Crippen LogP contribution in [0, 0.1) is 0 Å². The van der Waals surface area contributed by atoms with E-state index in [0.717, 1.165) is 0 Å². The topological polar surface area (TPSA) is 90.0 Å². The van der Waals surface area contributed by atoms with Crippen molar-refractivity contribution < 1.29 is 9.59 Å². The van der Waals surface area contributed by atoms with Crippen molar-refractivity contribution in [3.05, 3.63) is 47.5 Å². The van der Waals surface area contributed by atoms with Crippen LogP contribution in [0.5, 0.6) is 0 Å². The number of halogens is 1. The van der Waals surface area contributed by atoms with Gasteiger partial charge in [-0.2, -0.15) is 0 Å². The maximum atomic E-state index is 11.7. The molecule has 6 nitrogen and oxygen atoms in total. The van der Waals surface area contributed by atoms with E-state index in [4.69, 9.17) is 17.3 Å². The number of nitrogens with two attached hydrogens (primary N) is 1. The molecule has 2 aromatic rings. The van der Waals surface area contributed by atoms with Gasteiger partial charge in [0.1, 0.15) is 6.33 Å². The van der Waals surface area contributed by atoms with Crippen molar-refractivity contribution in [3.8, 4) is 0 Å². The number of nitrogens with one attached hydrogen (secondary N) is 1. The van der Waals surface area contributed by atoms with E-state index in [-0.39, 0.29) is 16.6 Å². The normalized spacial score (nSPS) is 10.1. The molecule has 0 aliphatic rings. The fourth-order valence-corrected chi connectivity index (χ4v) is 1.63. The molecular weight excluding hydrogens is 256 g/mol. The molecule has 1 heterocycles. The average molecular weight is 265 g/mol. The van der Waals surface area contributed by atoms with Crippen LogP contribution in [-0.4, -0.2) is 21.5 Å². The van der Waals surface area contributed by atoms with Crippen LogP contribution < -0.4 is 11.1 Å². The SMILES string of the molecule is NC(=O)c1ccc(NC(=O)n2ccnc2)cc1Cl. The second-order valence-electron chi connectivity index (χ2n) is 3.46. The van der Waals surface area contributed by atoms with Gasteiger partial charge in [0.15, 0.2) is 0 Å².